The van der Waals surface area contributed by atoms with Crippen molar-refractivity contribution in [3.8, 4) is 10.4 Å². The molecule has 0 aliphatic rings. The van der Waals surface area contributed by atoms with Crippen LogP contribution in [0.25, 0.3) is 10.4 Å². The summed E-state index contributed by atoms with van der Waals surface area (Å²) in [7, 11) is 1.96. The zero-order chi connectivity index (χ0) is 13.1. The van der Waals surface area contributed by atoms with Crippen molar-refractivity contribution < 1.29 is 0 Å². The van der Waals surface area contributed by atoms with Gasteiger partial charge in [0.25, 0.3) is 0 Å². The first-order chi connectivity index (χ1) is 8.60. The van der Waals surface area contributed by atoms with Gasteiger partial charge in [-0.2, -0.15) is 5.10 Å². The molecular formula is C13H20N4S. The molecule has 0 amide bonds. The molecule has 5 heteroatoms. The summed E-state index contributed by atoms with van der Waals surface area (Å²) in [6.45, 7) is 7.47. The van der Waals surface area contributed by atoms with Crippen LogP contribution in [0.2, 0.25) is 0 Å². The normalized spacial score (nSPS) is 11.2. The molecule has 0 saturated heterocycles. The van der Waals surface area contributed by atoms with E-state index in [0.29, 0.717) is 5.92 Å². The van der Waals surface area contributed by atoms with E-state index in [-0.39, 0.29) is 0 Å². The van der Waals surface area contributed by atoms with Crippen LogP contribution in [0.15, 0.2) is 12.4 Å². The Bertz CT molecular complexity index is 513. The molecule has 2 rings (SSSR count). The highest BCUT2D eigenvalue weighted by Crippen LogP contribution is 2.31. The minimum absolute atomic E-state index is 0.627. The summed E-state index contributed by atoms with van der Waals surface area (Å²) >= 11 is 1.70. The summed E-state index contributed by atoms with van der Waals surface area (Å²) in [5.41, 5.74) is 2.34. The second-order valence-electron chi connectivity index (χ2n) is 4.82. The van der Waals surface area contributed by atoms with E-state index in [1.54, 1.807) is 11.3 Å². The van der Waals surface area contributed by atoms with E-state index in [2.05, 4.69) is 42.4 Å². The largest absolute Gasteiger partial charge is 0.361 e. The molecule has 0 unspecified atom stereocenters. The fourth-order valence-electron chi connectivity index (χ4n) is 1.77. The van der Waals surface area contributed by atoms with E-state index in [1.165, 1.54) is 10.4 Å². The number of aromatic nitrogens is 3. The van der Waals surface area contributed by atoms with Gasteiger partial charge in [-0.15, -0.1) is 0 Å². The first-order valence-electron chi connectivity index (χ1n) is 6.32. The van der Waals surface area contributed by atoms with Crippen molar-refractivity contribution in [1.82, 2.24) is 14.8 Å². The molecule has 2 aromatic rings. The minimum Gasteiger partial charge on any atom is -0.361 e. The first kappa shape index (κ1) is 13.1. The monoisotopic (exact) mass is 264 g/mol. The van der Waals surface area contributed by atoms with Crippen molar-refractivity contribution >= 4 is 16.5 Å². The lowest BCUT2D eigenvalue weighted by Crippen LogP contribution is -2.07. The maximum absolute atomic E-state index is 4.46. The van der Waals surface area contributed by atoms with Gasteiger partial charge in [0.05, 0.1) is 10.6 Å². The Balaban J connectivity index is 2.18. The third-order valence-electron chi connectivity index (χ3n) is 2.67. The lowest BCUT2D eigenvalue weighted by Gasteiger charge is -2.04. The van der Waals surface area contributed by atoms with Crippen molar-refractivity contribution in [3.05, 3.63) is 18.1 Å². The van der Waals surface area contributed by atoms with E-state index in [1.807, 2.05) is 17.9 Å². The number of aryl methyl sites for hydroxylation is 2. The fourth-order valence-corrected chi connectivity index (χ4v) is 2.63. The standard InChI is InChI=1S/C13H20N4S/c1-5-11-10(8-17(4)16-11)12-7-15-13(18-12)14-6-9(2)3/h7-9H,5-6H2,1-4H3,(H,14,15). The van der Waals surface area contributed by atoms with Crippen LogP contribution in [0.3, 0.4) is 0 Å². The molecular weight excluding hydrogens is 244 g/mol. The lowest BCUT2D eigenvalue weighted by atomic mass is 10.2. The summed E-state index contributed by atoms with van der Waals surface area (Å²) in [5, 5.41) is 8.81. The topological polar surface area (TPSA) is 42.7 Å². The van der Waals surface area contributed by atoms with Crippen LogP contribution in [-0.4, -0.2) is 21.3 Å². The third kappa shape index (κ3) is 2.90. The van der Waals surface area contributed by atoms with E-state index in [9.17, 15) is 0 Å². The maximum Gasteiger partial charge on any atom is 0.183 e. The van der Waals surface area contributed by atoms with Crippen LogP contribution in [-0.2, 0) is 13.5 Å². The SMILES string of the molecule is CCc1nn(C)cc1-c1cnc(NCC(C)C)s1. The molecule has 0 atom stereocenters. The van der Waals surface area contributed by atoms with E-state index in [4.69, 9.17) is 0 Å². The number of nitrogens with zero attached hydrogens (tertiary/aromatic N) is 3. The van der Waals surface area contributed by atoms with Crippen molar-refractivity contribution in [1.29, 1.82) is 0 Å². The number of hydrogen-bond donors (Lipinski definition) is 1. The van der Waals surface area contributed by atoms with Crippen molar-refractivity contribution in [2.24, 2.45) is 13.0 Å². The Morgan fingerprint density at radius 3 is 2.89 bits per heavy atom. The molecule has 0 aliphatic carbocycles. The average molecular weight is 264 g/mol. The molecule has 0 aliphatic heterocycles. The molecule has 4 nitrogen and oxygen atoms in total. The quantitative estimate of drug-likeness (QED) is 0.902. The van der Waals surface area contributed by atoms with Gasteiger partial charge in [0.1, 0.15) is 0 Å². The number of rotatable bonds is 5. The van der Waals surface area contributed by atoms with Gasteiger partial charge in [-0.05, 0) is 12.3 Å². The summed E-state index contributed by atoms with van der Waals surface area (Å²) in [6.07, 6.45) is 4.95. The predicted molar refractivity (Wildman–Crippen MR) is 77.0 cm³/mol. The molecule has 18 heavy (non-hydrogen) atoms. The van der Waals surface area contributed by atoms with Crippen LogP contribution >= 0.6 is 11.3 Å². The van der Waals surface area contributed by atoms with Gasteiger partial charge in [0.15, 0.2) is 5.13 Å². The fraction of sp³-hybridized carbons (Fsp3) is 0.538. The van der Waals surface area contributed by atoms with Gasteiger partial charge in [-0.25, -0.2) is 4.98 Å². The third-order valence-corrected chi connectivity index (χ3v) is 3.66. The number of hydrogen-bond acceptors (Lipinski definition) is 4. The lowest BCUT2D eigenvalue weighted by molar-refractivity contribution is 0.688. The van der Waals surface area contributed by atoms with E-state index in [0.717, 1.165) is 23.8 Å². The van der Waals surface area contributed by atoms with Crippen LogP contribution < -0.4 is 5.32 Å². The van der Waals surface area contributed by atoms with Gasteiger partial charge < -0.3 is 5.32 Å². The van der Waals surface area contributed by atoms with Gasteiger partial charge in [0, 0.05) is 31.5 Å². The smallest absolute Gasteiger partial charge is 0.183 e. The summed E-state index contributed by atoms with van der Waals surface area (Å²) in [4.78, 5) is 5.61. The van der Waals surface area contributed by atoms with Gasteiger partial charge in [-0.3, -0.25) is 4.68 Å². The summed E-state index contributed by atoms with van der Waals surface area (Å²) < 4.78 is 1.87. The second kappa shape index (κ2) is 5.52. The molecule has 0 radical (unpaired) electrons. The Morgan fingerprint density at radius 1 is 1.44 bits per heavy atom. The molecule has 0 fully saturated rings. The average Bonchev–Trinajstić information content (AvgIpc) is 2.92. The first-order valence-corrected chi connectivity index (χ1v) is 7.14. The molecule has 0 bridgehead atoms. The molecule has 0 aromatic carbocycles. The molecule has 98 valence electrons. The molecule has 2 aromatic heterocycles. The number of nitrogens with one attached hydrogen (secondary N) is 1. The Morgan fingerprint density at radius 2 is 2.22 bits per heavy atom. The zero-order valence-corrected chi connectivity index (χ0v) is 12.2. The van der Waals surface area contributed by atoms with Gasteiger partial charge >= 0.3 is 0 Å². The second-order valence-corrected chi connectivity index (χ2v) is 5.85. The minimum atomic E-state index is 0.627. The van der Waals surface area contributed by atoms with Gasteiger partial charge in [-0.1, -0.05) is 32.1 Å². The van der Waals surface area contributed by atoms with Crippen molar-refractivity contribution in [2.45, 2.75) is 27.2 Å². The Hall–Kier alpha value is -1.36. The van der Waals surface area contributed by atoms with Crippen LogP contribution in [0, 0.1) is 5.92 Å². The Kier molecular flexibility index (Phi) is 4.01. The van der Waals surface area contributed by atoms with E-state index < -0.39 is 0 Å². The summed E-state index contributed by atoms with van der Waals surface area (Å²) in [6, 6.07) is 0. The van der Waals surface area contributed by atoms with Crippen molar-refractivity contribution in [3.63, 3.8) is 0 Å². The van der Waals surface area contributed by atoms with Crippen molar-refractivity contribution in [2.75, 3.05) is 11.9 Å². The highest BCUT2D eigenvalue weighted by atomic mass is 32.1. The van der Waals surface area contributed by atoms with Crippen LogP contribution in [0.5, 0.6) is 0 Å². The molecule has 0 spiro atoms. The number of anilines is 1. The molecule has 0 saturated carbocycles. The Labute approximate surface area is 112 Å². The highest BCUT2D eigenvalue weighted by Gasteiger charge is 2.11. The maximum atomic E-state index is 4.46. The zero-order valence-electron chi connectivity index (χ0n) is 11.4. The van der Waals surface area contributed by atoms with Crippen LogP contribution in [0.4, 0.5) is 5.13 Å². The van der Waals surface area contributed by atoms with Gasteiger partial charge in [0.2, 0.25) is 0 Å². The number of thiazole rings is 1. The predicted octanol–water partition coefficient (Wildman–Crippen LogP) is 3.17. The highest BCUT2D eigenvalue weighted by molar-refractivity contribution is 7.18. The molecule has 1 N–H and O–H groups in total. The van der Waals surface area contributed by atoms with E-state index >= 15 is 0 Å². The summed E-state index contributed by atoms with van der Waals surface area (Å²) in [5.74, 6) is 0.627. The van der Waals surface area contributed by atoms with Crippen LogP contribution in [0.1, 0.15) is 26.5 Å². The molecule has 2 heterocycles.